The Morgan fingerprint density at radius 1 is 1.37 bits per heavy atom. The molecule has 104 valence electrons. The Kier molecular flexibility index (Phi) is 4.22. The standard InChI is InChI=1S/C15H22N2O2/c1-3-11-6-5-7-12(4-2)13(11)17-14(18)15(16)8-9-19-10-15/h5-7H,3-4,8-10,16H2,1-2H3,(H,17,18). The van der Waals surface area contributed by atoms with Gasteiger partial charge in [0.25, 0.3) is 0 Å². The molecule has 0 aromatic heterocycles. The molecule has 1 unspecified atom stereocenters. The smallest absolute Gasteiger partial charge is 0.246 e. The van der Waals surface area contributed by atoms with Gasteiger partial charge in [0, 0.05) is 12.3 Å². The van der Waals surface area contributed by atoms with Gasteiger partial charge in [-0.15, -0.1) is 0 Å². The van der Waals surface area contributed by atoms with E-state index in [2.05, 4.69) is 19.2 Å². The molecular formula is C15H22N2O2. The third kappa shape index (κ3) is 2.80. The number of hydrogen-bond donors (Lipinski definition) is 2. The average Bonchev–Trinajstić information content (AvgIpc) is 2.87. The monoisotopic (exact) mass is 262 g/mol. The first-order chi connectivity index (χ1) is 9.10. The zero-order valence-electron chi connectivity index (χ0n) is 11.7. The third-order valence-corrected chi connectivity index (χ3v) is 3.74. The minimum atomic E-state index is -0.883. The maximum absolute atomic E-state index is 12.4. The number of benzene rings is 1. The van der Waals surface area contributed by atoms with Crippen LogP contribution in [-0.2, 0) is 22.4 Å². The zero-order valence-corrected chi connectivity index (χ0v) is 11.7. The summed E-state index contributed by atoms with van der Waals surface area (Å²) >= 11 is 0. The van der Waals surface area contributed by atoms with Crippen molar-refractivity contribution in [2.75, 3.05) is 18.5 Å². The van der Waals surface area contributed by atoms with Crippen molar-refractivity contribution in [2.45, 2.75) is 38.6 Å². The molecule has 3 N–H and O–H groups in total. The molecule has 0 spiro atoms. The molecule has 1 amide bonds. The highest BCUT2D eigenvalue weighted by atomic mass is 16.5. The number of amides is 1. The molecule has 19 heavy (non-hydrogen) atoms. The van der Waals surface area contributed by atoms with Crippen molar-refractivity contribution in [3.8, 4) is 0 Å². The van der Waals surface area contributed by atoms with Gasteiger partial charge in [0.05, 0.1) is 6.61 Å². The summed E-state index contributed by atoms with van der Waals surface area (Å²) in [6.07, 6.45) is 2.35. The van der Waals surface area contributed by atoms with Gasteiger partial charge in [-0.1, -0.05) is 32.0 Å². The predicted octanol–water partition coefficient (Wildman–Crippen LogP) is 1.87. The van der Waals surface area contributed by atoms with Crippen LogP contribution in [0.5, 0.6) is 0 Å². The van der Waals surface area contributed by atoms with E-state index < -0.39 is 5.54 Å². The molecule has 1 saturated heterocycles. The van der Waals surface area contributed by atoms with Gasteiger partial charge in [-0.25, -0.2) is 0 Å². The predicted molar refractivity (Wildman–Crippen MR) is 76.2 cm³/mol. The van der Waals surface area contributed by atoms with Gasteiger partial charge in [-0.2, -0.15) is 0 Å². The number of carbonyl (C=O) groups is 1. The summed E-state index contributed by atoms with van der Waals surface area (Å²) in [5, 5.41) is 3.02. The number of anilines is 1. The van der Waals surface area contributed by atoms with Crippen LogP contribution in [0.2, 0.25) is 0 Å². The van der Waals surface area contributed by atoms with E-state index in [-0.39, 0.29) is 5.91 Å². The summed E-state index contributed by atoms with van der Waals surface area (Å²) in [5.41, 5.74) is 8.44. The third-order valence-electron chi connectivity index (χ3n) is 3.74. The fraction of sp³-hybridized carbons (Fsp3) is 0.533. The van der Waals surface area contributed by atoms with Crippen molar-refractivity contribution in [3.05, 3.63) is 29.3 Å². The van der Waals surface area contributed by atoms with E-state index >= 15 is 0 Å². The van der Waals surface area contributed by atoms with Crippen LogP contribution in [0.15, 0.2) is 18.2 Å². The molecule has 0 radical (unpaired) electrons. The van der Waals surface area contributed by atoms with Gasteiger partial charge in [-0.3, -0.25) is 4.79 Å². The molecule has 0 saturated carbocycles. The van der Waals surface area contributed by atoms with Gasteiger partial charge in [0.15, 0.2) is 0 Å². The van der Waals surface area contributed by atoms with Crippen molar-refractivity contribution < 1.29 is 9.53 Å². The first-order valence-electron chi connectivity index (χ1n) is 6.89. The second-order valence-corrected chi connectivity index (χ2v) is 5.07. The summed E-state index contributed by atoms with van der Waals surface area (Å²) in [4.78, 5) is 12.4. The van der Waals surface area contributed by atoms with Crippen LogP contribution >= 0.6 is 0 Å². The number of nitrogens with one attached hydrogen (secondary N) is 1. The van der Waals surface area contributed by atoms with Gasteiger partial charge in [0.1, 0.15) is 5.54 Å². The molecular weight excluding hydrogens is 240 g/mol. The van der Waals surface area contributed by atoms with Gasteiger partial charge >= 0.3 is 0 Å². The van der Waals surface area contributed by atoms with E-state index in [0.29, 0.717) is 19.6 Å². The Bertz CT molecular complexity index is 443. The molecule has 1 aromatic rings. The molecule has 2 rings (SSSR count). The molecule has 1 aliphatic rings. The summed E-state index contributed by atoms with van der Waals surface area (Å²) < 4.78 is 5.25. The Hall–Kier alpha value is -1.39. The summed E-state index contributed by atoms with van der Waals surface area (Å²) in [6.45, 7) is 5.03. The SMILES string of the molecule is CCc1cccc(CC)c1NC(=O)C1(N)CCOC1. The molecule has 4 nitrogen and oxygen atoms in total. The van der Waals surface area contributed by atoms with E-state index in [0.717, 1.165) is 29.7 Å². The van der Waals surface area contributed by atoms with E-state index in [4.69, 9.17) is 10.5 Å². The minimum Gasteiger partial charge on any atom is -0.379 e. The van der Waals surface area contributed by atoms with Crippen molar-refractivity contribution >= 4 is 11.6 Å². The van der Waals surface area contributed by atoms with Crippen LogP contribution in [0.4, 0.5) is 5.69 Å². The number of nitrogens with two attached hydrogens (primary N) is 1. The van der Waals surface area contributed by atoms with Crippen molar-refractivity contribution in [1.82, 2.24) is 0 Å². The number of aryl methyl sites for hydroxylation is 2. The van der Waals surface area contributed by atoms with E-state index in [1.165, 1.54) is 0 Å². The van der Waals surface area contributed by atoms with Crippen LogP contribution < -0.4 is 11.1 Å². The molecule has 1 heterocycles. The summed E-state index contributed by atoms with van der Waals surface area (Å²) in [6, 6.07) is 6.12. The topological polar surface area (TPSA) is 64.4 Å². The van der Waals surface area contributed by atoms with Crippen molar-refractivity contribution in [3.63, 3.8) is 0 Å². The van der Waals surface area contributed by atoms with Crippen LogP contribution in [0.1, 0.15) is 31.4 Å². The maximum atomic E-state index is 12.4. The van der Waals surface area contributed by atoms with Crippen molar-refractivity contribution in [2.24, 2.45) is 5.73 Å². The normalized spacial score (nSPS) is 22.5. The zero-order chi connectivity index (χ0) is 13.9. The van der Waals surface area contributed by atoms with Crippen LogP contribution in [0, 0.1) is 0 Å². The highest BCUT2D eigenvalue weighted by molar-refractivity contribution is 5.99. The summed E-state index contributed by atoms with van der Waals surface area (Å²) in [7, 11) is 0. The lowest BCUT2D eigenvalue weighted by molar-refractivity contribution is -0.121. The second kappa shape index (κ2) is 5.72. The molecule has 0 bridgehead atoms. The average molecular weight is 262 g/mol. The number of hydrogen-bond acceptors (Lipinski definition) is 3. The second-order valence-electron chi connectivity index (χ2n) is 5.07. The number of rotatable bonds is 4. The largest absolute Gasteiger partial charge is 0.379 e. The van der Waals surface area contributed by atoms with E-state index in [1.807, 2.05) is 18.2 Å². The number of ether oxygens (including phenoxy) is 1. The van der Waals surface area contributed by atoms with Crippen LogP contribution in [0.25, 0.3) is 0 Å². The molecule has 1 aliphatic heterocycles. The number of carbonyl (C=O) groups excluding carboxylic acids is 1. The van der Waals surface area contributed by atoms with E-state index in [1.54, 1.807) is 0 Å². The first-order valence-corrected chi connectivity index (χ1v) is 6.89. The van der Waals surface area contributed by atoms with Gasteiger partial charge in [0.2, 0.25) is 5.91 Å². The van der Waals surface area contributed by atoms with Gasteiger partial charge < -0.3 is 15.8 Å². The maximum Gasteiger partial charge on any atom is 0.246 e. The lowest BCUT2D eigenvalue weighted by Gasteiger charge is -2.23. The fourth-order valence-corrected chi connectivity index (χ4v) is 2.40. The quantitative estimate of drug-likeness (QED) is 0.870. The summed E-state index contributed by atoms with van der Waals surface area (Å²) in [5.74, 6) is -0.138. The molecule has 1 atom stereocenters. The Morgan fingerprint density at radius 2 is 2.00 bits per heavy atom. The lowest BCUT2D eigenvalue weighted by Crippen LogP contribution is -2.51. The molecule has 1 fully saturated rings. The van der Waals surface area contributed by atoms with Crippen molar-refractivity contribution in [1.29, 1.82) is 0 Å². The molecule has 0 aliphatic carbocycles. The molecule has 1 aromatic carbocycles. The Balaban J connectivity index is 2.25. The molecule has 4 heteroatoms. The highest BCUT2D eigenvalue weighted by Crippen LogP contribution is 2.25. The first kappa shape index (κ1) is 14.0. The lowest BCUT2D eigenvalue weighted by atomic mass is 9.97. The minimum absolute atomic E-state index is 0.138. The highest BCUT2D eigenvalue weighted by Gasteiger charge is 2.38. The fourth-order valence-electron chi connectivity index (χ4n) is 2.40. The van der Waals surface area contributed by atoms with Crippen LogP contribution in [-0.4, -0.2) is 24.7 Å². The number of para-hydroxylation sites is 1. The van der Waals surface area contributed by atoms with Gasteiger partial charge in [-0.05, 0) is 30.4 Å². The van der Waals surface area contributed by atoms with E-state index in [9.17, 15) is 4.79 Å². The Labute approximate surface area is 114 Å². The Morgan fingerprint density at radius 3 is 2.47 bits per heavy atom. The van der Waals surface area contributed by atoms with Crippen LogP contribution in [0.3, 0.4) is 0 Å².